The standard InChI is InChI=1S/C20H21N5O2/c1-24-9-10-25-16(13-24)11-19(23-25)22-20(26)18-12-17(7-8-21-18)27-14-15-5-3-2-4-6-15/h2-8,11-12H,9-10,13-14H2,1H3,(H,22,23,26). The molecule has 3 aromatic rings. The summed E-state index contributed by atoms with van der Waals surface area (Å²) in [4.78, 5) is 18.9. The fraction of sp³-hybridized carbons (Fsp3) is 0.250. The van der Waals surface area contributed by atoms with E-state index < -0.39 is 0 Å². The van der Waals surface area contributed by atoms with Gasteiger partial charge in [-0.3, -0.25) is 19.4 Å². The number of fused-ring (bicyclic) bond motifs is 1. The van der Waals surface area contributed by atoms with Crippen LogP contribution in [0.2, 0.25) is 0 Å². The van der Waals surface area contributed by atoms with Crippen molar-refractivity contribution in [2.45, 2.75) is 19.7 Å². The van der Waals surface area contributed by atoms with E-state index in [0.717, 1.165) is 30.9 Å². The molecule has 0 saturated carbocycles. The number of likely N-dealkylation sites (N-methyl/N-ethyl adjacent to an activating group) is 1. The summed E-state index contributed by atoms with van der Waals surface area (Å²) in [6.07, 6.45) is 1.57. The normalized spacial score (nSPS) is 13.8. The first-order valence-electron chi connectivity index (χ1n) is 8.87. The number of hydrogen-bond donors (Lipinski definition) is 1. The Morgan fingerprint density at radius 1 is 1.19 bits per heavy atom. The number of nitrogens with one attached hydrogen (secondary N) is 1. The highest BCUT2D eigenvalue weighted by atomic mass is 16.5. The highest BCUT2D eigenvalue weighted by molar-refractivity contribution is 6.02. The third-order valence-electron chi connectivity index (χ3n) is 4.44. The molecule has 0 bridgehead atoms. The molecule has 27 heavy (non-hydrogen) atoms. The predicted molar refractivity (Wildman–Crippen MR) is 102 cm³/mol. The van der Waals surface area contributed by atoms with E-state index in [0.29, 0.717) is 23.9 Å². The van der Waals surface area contributed by atoms with Crippen LogP contribution in [0.5, 0.6) is 5.75 Å². The van der Waals surface area contributed by atoms with E-state index >= 15 is 0 Å². The number of aromatic nitrogens is 3. The van der Waals surface area contributed by atoms with Crippen LogP contribution in [-0.4, -0.2) is 39.2 Å². The van der Waals surface area contributed by atoms with Gasteiger partial charge in [-0.15, -0.1) is 0 Å². The van der Waals surface area contributed by atoms with E-state index in [1.165, 1.54) is 0 Å². The van der Waals surface area contributed by atoms with Crippen LogP contribution in [0.4, 0.5) is 5.82 Å². The molecule has 0 saturated heterocycles. The minimum absolute atomic E-state index is 0.295. The summed E-state index contributed by atoms with van der Waals surface area (Å²) in [5, 5.41) is 7.27. The zero-order valence-electron chi connectivity index (χ0n) is 15.1. The van der Waals surface area contributed by atoms with Gasteiger partial charge in [0.05, 0.1) is 12.2 Å². The van der Waals surface area contributed by atoms with Gasteiger partial charge in [0.1, 0.15) is 18.1 Å². The number of carbonyl (C=O) groups excluding carboxylic acids is 1. The molecule has 1 aromatic carbocycles. The third-order valence-corrected chi connectivity index (χ3v) is 4.44. The number of benzene rings is 1. The van der Waals surface area contributed by atoms with Crippen LogP contribution in [0.3, 0.4) is 0 Å². The Hall–Kier alpha value is -3.19. The molecule has 7 nitrogen and oxygen atoms in total. The summed E-state index contributed by atoms with van der Waals surface area (Å²) in [5.41, 5.74) is 2.45. The van der Waals surface area contributed by atoms with Crippen molar-refractivity contribution in [1.82, 2.24) is 19.7 Å². The zero-order chi connectivity index (χ0) is 18.6. The van der Waals surface area contributed by atoms with Crippen LogP contribution in [0.15, 0.2) is 54.7 Å². The van der Waals surface area contributed by atoms with Crippen LogP contribution in [-0.2, 0) is 19.7 Å². The minimum atomic E-state index is -0.302. The lowest BCUT2D eigenvalue weighted by Crippen LogP contribution is -2.30. The number of rotatable bonds is 5. The average Bonchev–Trinajstić information content (AvgIpc) is 3.08. The summed E-state index contributed by atoms with van der Waals surface area (Å²) in [5.74, 6) is 0.844. The molecule has 0 radical (unpaired) electrons. The SMILES string of the molecule is CN1CCn2nc(NC(=O)c3cc(OCc4ccccc4)ccn3)cc2C1. The van der Waals surface area contributed by atoms with E-state index in [1.807, 2.05) is 41.1 Å². The van der Waals surface area contributed by atoms with Crippen LogP contribution < -0.4 is 10.1 Å². The minimum Gasteiger partial charge on any atom is -0.489 e. The first-order valence-corrected chi connectivity index (χ1v) is 8.87. The van der Waals surface area contributed by atoms with Gasteiger partial charge < -0.3 is 10.1 Å². The number of amides is 1. The van der Waals surface area contributed by atoms with Crippen LogP contribution in [0, 0.1) is 0 Å². The first-order chi connectivity index (χ1) is 13.2. The Bertz CT molecular complexity index is 939. The van der Waals surface area contributed by atoms with Crippen LogP contribution in [0.25, 0.3) is 0 Å². The van der Waals surface area contributed by atoms with Crippen molar-refractivity contribution in [2.24, 2.45) is 0 Å². The molecular weight excluding hydrogens is 342 g/mol. The molecule has 0 aliphatic carbocycles. The Labute approximate surface area is 157 Å². The topological polar surface area (TPSA) is 72.3 Å². The Kier molecular flexibility index (Phi) is 4.84. The molecule has 0 spiro atoms. The third kappa shape index (κ3) is 4.15. The van der Waals surface area contributed by atoms with Gasteiger partial charge >= 0.3 is 0 Å². The van der Waals surface area contributed by atoms with Gasteiger partial charge in [-0.2, -0.15) is 5.10 Å². The molecular formula is C20H21N5O2. The molecule has 0 fully saturated rings. The number of pyridine rings is 1. The monoisotopic (exact) mass is 363 g/mol. The molecule has 3 heterocycles. The van der Waals surface area contributed by atoms with Crippen LogP contribution >= 0.6 is 0 Å². The second-order valence-electron chi connectivity index (χ2n) is 6.59. The predicted octanol–water partition coefficient (Wildman–Crippen LogP) is 2.55. The summed E-state index contributed by atoms with van der Waals surface area (Å²) in [7, 11) is 2.07. The number of ether oxygens (including phenoxy) is 1. The van der Waals surface area contributed by atoms with Gasteiger partial charge in [0, 0.05) is 31.4 Å². The van der Waals surface area contributed by atoms with Crippen molar-refractivity contribution in [1.29, 1.82) is 0 Å². The second kappa shape index (κ2) is 7.59. The number of nitrogens with zero attached hydrogens (tertiary/aromatic N) is 4. The van der Waals surface area contributed by atoms with Gasteiger partial charge in [0.25, 0.3) is 5.91 Å². The Morgan fingerprint density at radius 3 is 2.89 bits per heavy atom. The molecule has 0 atom stereocenters. The smallest absolute Gasteiger partial charge is 0.275 e. The van der Waals surface area contributed by atoms with Gasteiger partial charge in [0.15, 0.2) is 5.82 Å². The summed E-state index contributed by atoms with van der Waals surface area (Å²) in [6.45, 7) is 3.03. The zero-order valence-corrected chi connectivity index (χ0v) is 15.1. The lowest BCUT2D eigenvalue weighted by atomic mass is 10.2. The fourth-order valence-corrected chi connectivity index (χ4v) is 3.00. The average molecular weight is 363 g/mol. The number of anilines is 1. The molecule has 7 heteroatoms. The Morgan fingerprint density at radius 2 is 2.04 bits per heavy atom. The maximum absolute atomic E-state index is 12.5. The van der Waals surface area contributed by atoms with Crippen molar-refractivity contribution < 1.29 is 9.53 Å². The van der Waals surface area contributed by atoms with Gasteiger partial charge in [-0.25, -0.2) is 0 Å². The summed E-state index contributed by atoms with van der Waals surface area (Å²) in [6, 6.07) is 15.2. The first kappa shape index (κ1) is 17.2. The highest BCUT2D eigenvalue weighted by Gasteiger charge is 2.17. The molecule has 0 unspecified atom stereocenters. The molecule has 2 aromatic heterocycles. The maximum atomic E-state index is 12.5. The van der Waals surface area contributed by atoms with Crippen LogP contribution in [0.1, 0.15) is 21.7 Å². The lowest BCUT2D eigenvalue weighted by Gasteiger charge is -2.22. The van der Waals surface area contributed by atoms with E-state index in [4.69, 9.17) is 4.74 Å². The second-order valence-corrected chi connectivity index (χ2v) is 6.59. The summed E-state index contributed by atoms with van der Waals surface area (Å²) < 4.78 is 7.70. The molecule has 138 valence electrons. The quantitative estimate of drug-likeness (QED) is 0.754. The molecule has 1 amide bonds. The molecule has 1 aliphatic heterocycles. The molecule has 1 N–H and O–H groups in total. The van der Waals surface area contributed by atoms with Crippen molar-refractivity contribution in [2.75, 3.05) is 18.9 Å². The van der Waals surface area contributed by atoms with Gasteiger partial charge in [-0.05, 0) is 18.7 Å². The van der Waals surface area contributed by atoms with Crippen molar-refractivity contribution in [3.8, 4) is 5.75 Å². The summed E-state index contributed by atoms with van der Waals surface area (Å²) >= 11 is 0. The number of carbonyl (C=O) groups is 1. The maximum Gasteiger partial charge on any atom is 0.275 e. The van der Waals surface area contributed by atoms with Crippen molar-refractivity contribution in [3.63, 3.8) is 0 Å². The van der Waals surface area contributed by atoms with E-state index in [1.54, 1.807) is 18.3 Å². The van der Waals surface area contributed by atoms with E-state index in [-0.39, 0.29) is 5.91 Å². The fourth-order valence-electron chi connectivity index (χ4n) is 3.00. The van der Waals surface area contributed by atoms with Crippen molar-refractivity contribution in [3.05, 3.63) is 71.7 Å². The molecule has 4 rings (SSSR count). The number of hydrogen-bond acceptors (Lipinski definition) is 5. The van der Waals surface area contributed by atoms with E-state index in [9.17, 15) is 4.79 Å². The van der Waals surface area contributed by atoms with Gasteiger partial charge in [0.2, 0.25) is 0 Å². The lowest BCUT2D eigenvalue weighted by molar-refractivity contribution is 0.102. The largest absolute Gasteiger partial charge is 0.489 e. The van der Waals surface area contributed by atoms with Crippen molar-refractivity contribution >= 4 is 11.7 Å². The van der Waals surface area contributed by atoms with E-state index in [2.05, 4.69) is 27.3 Å². The Balaban J connectivity index is 1.42. The molecule has 1 aliphatic rings. The van der Waals surface area contributed by atoms with Gasteiger partial charge in [-0.1, -0.05) is 30.3 Å². The highest BCUT2D eigenvalue weighted by Crippen LogP contribution is 2.17.